The molecule has 0 aliphatic rings. The lowest BCUT2D eigenvalue weighted by molar-refractivity contribution is -0.116. The fourth-order valence-corrected chi connectivity index (χ4v) is 2.43. The highest BCUT2D eigenvalue weighted by Crippen LogP contribution is 2.13. The lowest BCUT2D eigenvalue weighted by atomic mass is 10.1. The minimum absolute atomic E-state index is 0.112. The van der Waals surface area contributed by atoms with Gasteiger partial charge in [0.1, 0.15) is 0 Å². The van der Waals surface area contributed by atoms with Gasteiger partial charge in [-0.2, -0.15) is 0 Å². The number of rotatable bonds is 7. The van der Waals surface area contributed by atoms with E-state index in [0.717, 1.165) is 0 Å². The van der Waals surface area contributed by atoms with Crippen molar-refractivity contribution in [3.8, 4) is 0 Å². The second-order valence-corrected chi connectivity index (χ2v) is 5.80. The largest absolute Gasteiger partial charge is 0.459 e. The van der Waals surface area contributed by atoms with Crippen LogP contribution in [0.5, 0.6) is 0 Å². The van der Waals surface area contributed by atoms with E-state index in [1.165, 1.54) is 6.26 Å². The molecule has 0 bridgehead atoms. The van der Waals surface area contributed by atoms with Crippen molar-refractivity contribution in [1.82, 2.24) is 14.9 Å². The predicted octanol–water partition coefficient (Wildman–Crippen LogP) is 2.00. The van der Waals surface area contributed by atoms with Crippen molar-refractivity contribution >= 4 is 23.3 Å². The van der Waals surface area contributed by atoms with Crippen LogP contribution < -0.4 is 10.6 Å². The number of amides is 2. The van der Waals surface area contributed by atoms with Gasteiger partial charge in [0.15, 0.2) is 11.6 Å². The molecule has 0 fully saturated rings. The molecule has 0 spiro atoms. The Balaban J connectivity index is 1.49. The van der Waals surface area contributed by atoms with E-state index in [1.54, 1.807) is 60.4 Å². The van der Waals surface area contributed by atoms with E-state index in [4.69, 9.17) is 4.42 Å². The van der Waals surface area contributed by atoms with Crippen LogP contribution in [0.15, 0.2) is 59.5 Å². The topological polar surface area (TPSA) is 106 Å². The Bertz CT molecular complexity index is 943. The third kappa shape index (κ3) is 4.49. The number of hydrogen-bond donors (Lipinski definition) is 2. The molecule has 2 amide bonds. The lowest BCUT2D eigenvalue weighted by Crippen LogP contribution is -2.27. The van der Waals surface area contributed by atoms with Crippen LogP contribution in [0, 0.1) is 0 Å². The van der Waals surface area contributed by atoms with Gasteiger partial charge in [0.2, 0.25) is 11.7 Å². The van der Waals surface area contributed by atoms with Gasteiger partial charge in [-0.15, -0.1) is 0 Å². The number of imidazole rings is 1. The number of carbonyl (C=O) groups is 3. The molecule has 0 saturated carbocycles. The molecule has 0 atom stereocenters. The molecule has 8 heteroatoms. The van der Waals surface area contributed by atoms with Gasteiger partial charge in [-0.1, -0.05) is 0 Å². The summed E-state index contributed by atoms with van der Waals surface area (Å²) in [5, 5.41) is 5.32. The highest BCUT2D eigenvalue weighted by molar-refractivity contribution is 6.07. The zero-order valence-electron chi connectivity index (χ0n) is 14.6. The summed E-state index contributed by atoms with van der Waals surface area (Å²) in [6.07, 6.45) is 4.78. The maximum Gasteiger partial charge on any atom is 0.286 e. The van der Waals surface area contributed by atoms with E-state index < -0.39 is 0 Å². The van der Waals surface area contributed by atoms with E-state index in [9.17, 15) is 14.4 Å². The number of hydrogen-bond acceptors (Lipinski definition) is 5. The Labute approximate surface area is 155 Å². The molecule has 0 radical (unpaired) electrons. The maximum atomic E-state index is 12.3. The third-order valence-electron chi connectivity index (χ3n) is 3.84. The molecule has 8 nitrogen and oxygen atoms in total. The lowest BCUT2D eigenvalue weighted by Gasteiger charge is -2.07. The van der Waals surface area contributed by atoms with E-state index in [-0.39, 0.29) is 36.3 Å². The predicted molar refractivity (Wildman–Crippen MR) is 97.4 cm³/mol. The summed E-state index contributed by atoms with van der Waals surface area (Å²) in [4.78, 5) is 40.0. The normalized spacial score (nSPS) is 10.4. The Kier molecular flexibility index (Phi) is 5.46. The number of nitrogens with zero attached hydrogens (tertiary/aromatic N) is 2. The molecule has 0 unspecified atom stereocenters. The highest BCUT2D eigenvalue weighted by Gasteiger charge is 2.14. The summed E-state index contributed by atoms with van der Waals surface area (Å²) in [6.45, 7) is 0.182. The number of furan rings is 1. The Morgan fingerprint density at radius 1 is 1.15 bits per heavy atom. The van der Waals surface area contributed by atoms with Gasteiger partial charge in [0, 0.05) is 43.7 Å². The molecule has 1 aromatic carbocycles. The fourth-order valence-electron chi connectivity index (χ4n) is 2.43. The van der Waals surface area contributed by atoms with Gasteiger partial charge in [0.05, 0.1) is 6.26 Å². The molecule has 0 saturated heterocycles. The van der Waals surface area contributed by atoms with E-state index in [0.29, 0.717) is 17.1 Å². The second-order valence-electron chi connectivity index (χ2n) is 5.80. The number of nitrogens with one attached hydrogen (secondary N) is 2. The Hall–Kier alpha value is -3.68. The van der Waals surface area contributed by atoms with E-state index >= 15 is 0 Å². The first-order valence-electron chi connectivity index (χ1n) is 8.28. The molecule has 2 N–H and O–H groups in total. The highest BCUT2D eigenvalue weighted by atomic mass is 16.3. The van der Waals surface area contributed by atoms with Gasteiger partial charge in [-0.05, 0) is 36.4 Å². The van der Waals surface area contributed by atoms with Crippen LogP contribution in [-0.4, -0.2) is 33.7 Å². The third-order valence-corrected chi connectivity index (χ3v) is 3.84. The van der Waals surface area contributed by atoms with Gasteiger partial charge >= 0.3 is 0 Å². The number of anilines is 1. The Morgan fingerprint density at radius 2 is 1.93 bits per heavy atom. The Morgan fingerprint density at radius 3 is 2.56 bits per heavy atom. The van der Waals surface area contributed by atoms with Crippen LogP contribution in [0.25, 0.3) is 0 Å². The maximum absolute atomic E-state index is 12.3. The molecule has 0 aliphatic carbocycles. The van der Waals surface area contributed by atoms with Crippen molar-refractivity contribution in [2.24, 2.45) is 7.05 Å². The van der Waals surface area contributed by atoms with Crippen LogP contribution in [0.1, 0.15) is 33.2 Å². The van der Waals surface area contributed by atoms with Crippen molar-refractivity contribution < 1.29 is 18.8 Å². The molecule has 2 aromatic heterocycles. The standard InChI is InChI=1S/C19H18N4O4/c1-23-11-10-20-18(23)17(25)13-4-6-14(7-5-13)22-16(24)8-9-21-19(26)15-3-2-12-27-15/h2-7,10-12H,8-9H2,1H3,(H,21,26)(H,22,24). The summed E-state index contributed by atoms with van der Waals surface area (Å²) in [7, 11) is 1.75. The zero-order chi connectivity index (χ0) is 19.2. The molecule has 3 aromatic rings. The summed E-state index contributed by atoms with van der Waals surface area (Å²) >= 11 is 0. The van der Waals surface area contributed by atoms with Crippen LogP contribution in [0.3, 0.4) is 0 Å². The van der Waals surface area contributed by atoms with Gasteiger partial charge in [-0.25, -0.2) is 4.98 Å². The minimum atomic E-state index is -0.370. The van der Waals surface area contributed by atoms with Crippen molar-refractivity contribution in [3.63, 3.8) is 0 Å². The number of aromatic nitrogens is 2. The second kappa shape index (κ2) is 8.13. The molecular weight excluding hydrogens is 348 g/mol. The molecular formula is C19H18N4O4. The molecule has 3 rings (SSSR count). The smallest absolute Gasteiger partial charge is 0.286 e. The number of aryl methyl sites for hydroxylation is 1. The monoisotopic (exact) mass is 366 g/mol. The minimum Gasteiger partial charge on any atom is -0.459 e. The quantitative estimate of drug-likeness (QED) is 0.622. The van der Waals surface area contributed by atoms with Crippen LogP contribution >= 0.6 is 0 Å². The van der Waals surface area contributed by atoms with Gasteiger partial charge in [-0.3, -0.25) is 14.4 Å². The van der Waals surface area contributed by atoms with E-state index in [1.807, 2.05) is 0 Å². The van der Waals surface area contributed by atoms with Gasteiger partial charge < -0.3 is 19.6 Å². The summed E-state index contributed by atoms with van der Waals surface area (Å²) in [5.74, 6) is -0.272. The zero-order valence-corrected chi connectivity index (χ0v) is 14.6. The first-order chi connectivity index (χ1) is 13.0. The van der Waals surface area contributed by atoms with E-state index in [2.05, 4.69) is 15.6 Å². The van der Waals surface area contributed by atoms with Crippen molar-refractivity contribution in [2.45, 2.75) is 6.42 Å². The number of carbonyl (C=O) groups excluding carboxylic acids is 3. The number of ketones is 1. The molecule has 27 heavy (non-hydrogen) atoms. The first-order valence-corrected chi connectivity index (χ1v) is 8.28. The molecule has 2 heterocycles. The first kappa shape index (κ1) is 18.1. The molecule has 0 aliphatic heterocycles. The van der Waals surface area contributed by atoms with Crippen LogP contribution in [0.4, 0.5) is 5.69 Å². The number of benzene rings is 1. The van der Waals surface area contributed by atoms with Crippen molar-refractivity contribution in [1.29, 1.82) is 0 Å². The summed E-state index contributed by atoms with van der Waals surface area (Å²) in [5.41, 5.74) is 1.04. The summed E-state index contributed by atoms with van der Waals surface area (Å²) in [6, 6.07) is 9.72. The fraction of sp³-hybridized carbons (Fsp3) is 0.158. The summed E-state index contributed by atoms with van der Waals surface area (Å²) < 4.78 is 6.61. The molecule has 138 valence electrons. The average molecular weight is 366 g/mol. The van der Waals surface area contributed by atoms with Crippen LogP contribution in [-0.2, 0) is 11.8 Å². The van der Waals surface area contributed by atoms with Crippen LogP contribution in [0.2, 0.25) is 0 Å². The van der Waals surface area contributed by atoms with Crippen molar-refractivity contribution in [2.75, 3.05) is 11.9 Å². The average Bonchev–Trinajstić information content (AvgIpc) is 3.33. The van der Waals surface area contributed by atoms with Crippen molar-refractivity contribution in [3.05, 3.63) is 72.2 Å². The SMILES string of the molecule is Cn1ccnc1C(=O)c1ccc(NC(=O)CCNC(=O)c2ccco2)cc1. The van der Waals surface area contributed by atoms with Gasteiger partial charge in [0.25, 0.3) is 5.91 Å².